The average molecular weight is 467 g/mol. The molecule has 1 aliphatic heterocycles. The smallest absolute Gasteiger partial charge is 0.481 e. The highest BCUT2D eigenvalue weighted by atomic mass is 35.5. The Hall–Kier alpha value is -1.10. The third-order valence-corrected chi connectivity index (χ3v) is 5.51. The first-order valence-electron chi connectivity index (χ1n) is 9.45. The Morgan fingerprint density at radius 3 is 2.43 bits per heavy atom. The van der Waals surface area contributed by atoms with Crippen molar-refractivity contribution in [2.24, 2.45) is 5.73 Å². The van der Waals surface area contributed by atoms with Crippen LogP contribution in [-0.2, 0) is 18.8 Å². The summed E-state index contributed by atoms with van der Waals surface area (Å²) in [6, 6.07) is 3.38. The van der Waals surface area contributed by atoms with Crippen LogP contribution in [0.5, 0.6) is 5.75 Å². The molecule has 30 heavy (non-hydrogen) atoms. The van der Waals surface area contributed by atoms with Gasteiger partial charge in [0, 0.05) is 19.6 Å². The molecular formula is C19H30BCl2FN2O5. The number of hydrogen-bond donors (Lipinski definition) is 2. The lowest BCUT2D eigenvalue weighted by Gasteiger charge is -2.32. The first-order chi connectivity index (χ1) is 13.5. The van der Waals surface area contributed by atoms with Gasteiger partial charge in [0.25, 0.3) is 0 Å². The van der Waals surface area contributed by atoms with E-state index in [-0.39, 0.29) is 36.6 Å². The predicted molar refractivity (Wildman–Crippen MR) is 117 cm³/mol. The van der Waals surface area contributed by atoms with Gasteiger partial charge in [0.15, 0.2) is 0 Å². The van der Waals surface area contributed by atoms with Gasteiger partial charge in [0.2, 0.25) is 5.91 Å². The first-order valence-corrected chi connectivity index (χ1v) is 9.83. The molecule has 2 rings (SSSR count). The molecule has 0 spiro atoms. The van der Waals surface area contributed by atoms with Gasteiger partial charge in [-0.05, 0) is 39.8 Å². The van der Waals surface area contributed by atoms with Crippen molar-refractivity contribution in [3.8, 4) is 5.75 Å². The lowest BCUT2D eigenvalue weighted by Crippen LogP contribution is -2.54. The van der Waals surface area contributed by atoms with Gasteiger partial charge in [0.05, 0.1) is 35.4 Å². The highest BCUT2D eigenvalue weighted by Gasteiger charge is 2.54. The zero-order valence-electron chi connectivity index (χ0n) is 17.9. The molecule has 7 nitrogen and oxygen atoms in total. The molecule has 1 amide bonds. The Morgan fingerprint density at radius 2 is 1.90 bits per heavy atom. The summed E-state index contributed by atoms with van der Waals surface area (Å²) >= 11 is 5.68. The van der Waals surface area contributed by atoms with Crippen LogP contribution in [0.3, 0.4) is 0 Å². The van der Waals surface area contributed by atoms with E-state index in [0.29, 0.717) is 12.2 Å². The normalized spacial score (nSPS) is 19.0. The van der Waals surface area contributed by atoms with Crippen LogP contribution < -0.4 is 15.8 Å². The molecule has 0 aromatic heterocycles. The molecule has 0 bridgehead atoms. The molecule has 0 aliphatic carbocycles. The number of ether oxygens (including phenoxy) is 2. The summed E-state index contributed by atoms with van der Waals surface area (Å²) in [5.41, 5.74) is 4.71. The Balaban J connectivity index is 0.00000450. The van der Waals surface area contributed by atoms with Crippen LogP contribution in [0.15, 0.2) is 18.2 Å². The zero-order valence-corrected chi connectivity index (χ0v) is 19.4. The molecule has 1 aliphatic rings. The molecule has 1 aromatic carbocycles. The van der Waals surface area contributed by atoms with Crippen molar-refractivity contribution < 1.29 is 28.0 Å². The number of nitrogens with two attached hydrogens (primary N) is 1. The molecule has 3 N–H and O–H groups in total. The number of nitrogens with one attached hydrogen (secondary N) is 1. The van der Waals surface area contributed by atoms with E-state index in [1.54, 1.807) is 6.07 Å². The van der Waals surface area contributed by atoms with Crippen molar-refractivity contribution in [3.05, 3.63) is 29.0 Å². The van der Waals surface area contributed by atoms with E-state index in [0.717, 1.165) is 0 Å². The molecule has 0 saturated carbocycles. The quantitative estimate of drug-likeness (QED) is 0.543. The Morgan fingerprint density at radius 1 is 1.30 bits per heavy atom. The number of hydrogen-bond acceptors (Lipinski definition) is 6. The van der Waals surface area contributed by atoms with E-state index in [4.69, 9.17) is 36.1 Å². The first kappa shape index (κ1) is 26.9. The monoisotopic (exact) mass is 466 g/mol. The second kappa shape index (κ2) is 11.0. The third-order valence-electron chi connectivity index (χ3n) is 5.20. The van der Waals surface area contributed by atoms with Gasteiger partial charge in [-0.15, -0.1) is 12.4 Å². The number of rotatable bonds is 9. The minimum absolute atomic E-state index is 0. The van der Waals surface area contributed by atoms with Crippen LogP contribution >= 0.6 is 24.0 Å². The van der Waals surface area contributed by atoms with Gasteiger partial charge >= 0.3 is 7.12 Å². The summed E-state index contributed by atoms with van der Waals surface area (Å²) in [4.78, 5) is 12.4. The number of amides is 1. The minimum atomic E-state index is -0.823. The second-order valence-electron chi connectivity index (χ2n) is 8.01. The van der Waals surface area contributed by atoms with Gasteiger partial charge in [0.1, 0.15) is 17.6 Å². The van der Waals surface area contributed by atoms with Crippen molar-refractivity contribution in [3.63, 3.8) is 0 Å². The molecule has 11 heteroatoms. The highest BCUT2D eigenvalue weighted by Crippen LogP contribution is 2.37. The minimum Gasteiger partial charge on any atom is -0.493 e. The van der Waals surface area contributed by atoms with Crippen LogP contribution in [0.25, 0.3) is 0 Å². The Bertz CT molecular complexity index is 710. The molecule has 170 valence electrons. The summed E-state index contributed by atoms with van der Waals surface area (Å²) in [6.07, 6.45) is 0.354. The number of benzene rings is 1. The number of carbonyl (C=O) groups excluding carboxylic acids is 1. The van der Waals surface area contributed by atoms with Gasteiger partial charge in [-0.25, -0.2) is 4.39 Å². The van der Waals surface area contributed by atoms with Crippen LogP contribution in [-0.4, -0.2) is 56.5 Å². The fourth-order valence-corrected chi connectivity index (χ4v) is 2.86. The van der Waals surface area contributed by atoms with Crippen LogP contribution in [0.4, 0.5) is 4.39 Å². The molecule has 1 heterocycles. The van der Waals surface area contributed by atoms with E-state index in [1.807, 2.05) is 27.7 Å². The maximum Gasteiger partial charge on any atom is 0.481 e. The van der Waals surface area contributed by atoms with E-state index in [1.165, 1.54) is 19.2 Å². The second-order valence-corrected chi connectivity index (χ2v) is 8.42. The molecular weight excluding hydrogens is 437 g/mol. The molecule has 1 aromatic rings. The molecule has 1 saturated heterocycles. The van der Waals surface area contributed by atoms with E-state index >= 15 is 0 Å². The van der Waals surface area contributed by atoms with Gasteiger partial charge in [-0.3, -0.25) is 4.79 Å². The van der Waals surface area contributed by atoms with Gasteiger partial charge in [-0.2, -0.15) is 0 Å². The highest BCUT2D eigenvalue weighted by molar-refractivity contribution is 6.48. The van der Waals surface area contributed by atoms with Crippen molar-refractivity contribution >= 4 is 37.0 Å². The van der Waals surface area contributed by atoms with Crippen molar-refractivity contribution in [1.82, 2.24) is 5.32 Å². The summed E-state index contributed by atoms with van der Waals surface area (Å²) in [6.45, 7) is 7.98. The maximum absolute atomic E-state index is 13.6. The number of methoxy groups -OCH3 is 1. The predicted octanol–water partition coefficient (Wildman–Crippen LogP) is 2.76. The Labute approximate surface area is 188 Å². The van der Waals surface area contributed by atoms with Crippen LogP contribution in [0, 0.1) is 5.82 Å². The van der Waals surface area contributed by atoms with Gasteiger partial charge in [-0.1, -0.05) is 11.6 Å². The standard InChI is InChI=1S/C19H29BClFN2O5.ClH/c1-18(2)19(3,4)29-20(28-18)16(24-17(25)15(23)11-26-5)8-9-27-12-6-7-13(21)14(22)10-12;/h6-7,10,15-16H,8-9,11,23H2,1-5H3,(H,24,25);1H/t15?,16-;/m1./s1. The lowest BCUT2D eigenvalue weighted by molar-refractivity contribution is -0.123. The molecule has 0 radical (unpaired) electrons. The van der Waals surface area contributed by atoms with Crippen LogP contribution in [0.1, 0.15) is 34.1 Å². The van der Waals surface area contributed by atoms with E-state index in [2.05, 4.69) is 5.32 Å². The van der Waals surface area contributed by atoms with E-state index in [9.17, 15) is 9.18 Å². The fraction of sp³-hybridized carbons (Fsp3) is 0.632. The van der Waals surface area contributed by atoms with Gasteiger partial charge < -0.3 is 29.8 Å². The summed E-state index contributed by atoms with van der Waals surface area (Å²) in [7, 11) is 0.780. The molecule has 1 unspecified atom stereocenters. The SMILES string of the molecule is COCC(N)C(=O)N[C@H](CCOc1ccc(Cl)c(F)c1)B1OC(C)(C)C(C)(C)O1.Cl. The van der Waals surface area contributed by atoms with Crippen molar-refractivity contribution in [2.45, 2.75) is 57.3 Å². The third kappa shape index (κ3) is 6.70. The summed E-state index contributed by atoms with van der Waals surface area (Å²) in [5, 5.41) is 2.88. The summed E-state index contributed by atoms with van der Waals surface area (Å²) in [5.74, 6) is -1.14. The average Bonchev–Trinajstić information content (AvgIpc) is 2.84. The lowest BCUT2D eigenvalue weighted by atomic mass is 9.76. The van der Waals surface area contributed by atoms with Crippen molar-refractivity contribution in [1.29, 1.82) is 0 Å². The largest absolute Gasteiger partial charge is 0.493 e. The zero-order chi connectivity index (χ0) is 21.8. The van der Waals surface area contributed by atoms with Crippen LogP contribution in [0.2, 0.25) is 5.02 Å². The van der Waals surface area contributed by atoms with E-state index < -0.39 is 36.1 Å². The fourth-order valence-electron chi connectivity index (χ4n) is 2.74. The summed E-state index contributed by atoms with van der Waals surface area (Å²) < 4.78 is 36.3. The Kier molecular flexibility index (Phi) is 9.85. The number of halogens is 3. The topological polar surface area (TPSA) is 92.0 Å². The molecule has 2 atom stereocenters. The number of carbonyl (C=O) groups is 1. The molecule has 1 fully saturated rings. The van der Waals surface area contributed by atoms with Crippen molar-refractivity contribution in [2.75, 3.05) is 20.3 Å². The maximum atomic E-state index is 13.6.